The molecule has 1 amide bonds. The average molecular weight is 409 g/mol. The van der Waals surface area contributed by atoms with E-state index >= 15 is 0 Å². The van der Waals surface area contributed by atoms with Gasteiger partial charge in [-0.15, -0.1) is 0 Å². The van der Waals surface area contributed by atoms with Gasteiger partial charge >= 0.3 is 0 Å². The topological polar surface area (TPSA) is 66.1 Å². The van der Waals surface area contributed by atoms with E-state index in [0.717, 1.165) is 28.8 Å². The van der Waals surface area contributed by atoms with Crippen LogP contribution in [0.1, 0.15) is 39.5 Å². The number of aryl methyl sites for hydroxylation is 1. The molecule has 5 nitrogen and oxygen atoms in total. The first kappa shape index (κ1) is 19.3. The van der Waals surface area contributed by atoms with Gasteiger partial charge in [-0.2, -0.15) is 5.26 Å². The molecule has 0 radical (unpaired) electrons. The molecule has 2 aliphatic rings. The summed E-state index contributed by atoms with van der Waals surface area (Å²) in [5.41, 5.74) is 5.05. The third kappa shape index (κ3) is 3.34. The molecular formula is C26H23N3O2. The van der Waals surface area contributed by atoms with Crippen molar-refractivity contribution in [2.24, 2.45) is 5.92 Å². The van der Waals surface area contributed by atoms with Gasteiger partial charge in [0.05, 0.1) is 11.6 Å². The van der Waals surface area contributed by atoms with Gasteiger partial charge in [-0.1, -0.05) is 24.3 Å². The highest BCUT2D eigenvalue weighted by Crippen LogP contribution is 2.36. The summed E-state index contributed by atoms with van der Waals surface area (Å²) >= 11 is 0. The first-order valence-electron chi connectivity index (χ1n) is 10.6. The van der Waals surface area contributed by atoms with Crippen molar-refractivity contribution < 1.29 is 4.79 Å². The molecule has 1 fully saturated rings. The molecular weight excluding hydrogens is 386 g/mol. The van der Waals surface area contributed by atoms with E-state index in [1.54, 1.807) is 24.3 Å². The lowest BCUT2D eigenvalue weighted by atomic mass is 9.82. The van der Waals surface area contributed by atoms with E-state index in [0.29, 0.717) is 30.8 Å². The van der Waals surface area contributed by atoms with Crippen LogP contribution in [-0.4, -0.2) is 28.5 Å². The van der Waals surface area contributed by atoms with Crippen molar-refractivity contribution in [3.05, 3.63) is 93.4 Å². The summed E-state index contributed by atoms with van der Waals surface area (Å²) in [5, 5.41) is 8.97. The second-order valence-electron chi connectivity index (χ2n) is 8.60. The number of pyridine rings is 1. The van der Waals surface area contributed by atoms with E-state index in [4.69, 9.17) is 5.26 Å². The smallest absolute Gasteiger partial charge is 0.258 e. The summed E-state index contributed by atoms with van der Waals surface area (Å²) in [6.07, 6.45) is 1.00. The quantitative estimate of drug-likeness (QED) is 0.644. The molecule has 0 N–H and O–H groups in total. The maximum absolute atomic E-state index is 13.4. The Morgan fingerprint density at radius 2 is 1.74 bits per heavy atom. The number of likely N-dealkylation sites (tertiary alicyclic amines) is 1. The van der Waals surface area contributed by atoms with Gasteiger partial charge in [0.15, 0.2) is 0 Å². The number of carbonyl (C=O) groups excluding carboxylic acids is 1. The molecule has 0 unspecified atom stereocenters. The Morgan fingerprint density at radius 3 is 2.48 bits per heavy atom. The fourth-order valence-electron chi connectivity index (χ4n) is 5.06. The lowest BCUT2D eigenvalue weighted by Crippen LogP contribution is -2.49. The summed E-state index contributed by atoms with van der Waals surface area (Å²) in [7, 11) is 0. The van der Waals surface area contributed by atoms with Crippen molar-refractivity contribution in [3.8, 4) is 17.2 Å². The first-order valence-corrected chi connectivity index (χ1v) is 10.6. The number of hydrogen-bond acceptors (Lipinski definition) is 3. The highest BCUT2D eigenvalue weighted by Gasteiger charge is 2.37. The van der Waals surface area contributed by atoms with Crippen molar-refractivity contribution in [1.29, 1.82) is 5.26 Å². The third-order valence-electron chi connectivity index (χ3n) is 6.59. The molecule has 5 heteroatoms. The Morgan fingerprint density at radius 1 is 0.968 bits per heavy atom. The van der Waals surface area contributed by atoms with Crippen LogP contribution in [0.5, 0.6) is 0 Å². The number of hydrogen-bond donors (Lipinski definition) is 0. The van der Waals surface area contributed by atoms with Gasteiger partial charge in [0.25, 0.3) is 11.5 Å². The number of benzene rings is 2. The number of amides is 1. The van der Waals surface area contributed by atoms with Crippen LogP contribution < -0.4 is 5.56 Å². The first-order chi connectivity index (χ1) is 15.0. The molecule has 2 atom stereocenters. The molecule has 2 aromatic carbocycles. The highest BCUT2D eigenvalue weighted by molar-refractivity contribution is 5.94. The number of fused-ring (bicyclic) bond motifs is 4. The van der Waals surface area contributed by atoms with E-state index in [2.05, 4.69) is 12.1 Å². The van der Waals surface area contributed by atoms with Crippen molar-refractivity contribution in [3.63, 3.8) is 0 Å². The Hall–Kier alpha value is -3.65. The second-order valence-corrected chi connectivity index (χ2v) is 8.60. The molecule has 31 heavy (non-hydrogen) atoms. The Kier molecular flexibility index (Phi) is 4.71. The Balaban J connectivity index is 1.45. The largest absolute Gasteiger partial charge is 0.338 e. The summed E-state index contributed by atoms with van der Waals surface area (Å²) in [5.74, 6) is 0.415. The van der Waals surface area contributed by atoms with Gasteiger partial charge in [0.2, 0.25) is 0 Å². The van der Waals surface area contributed by atoms with Crippen LogP contribution in [0.3, 0.4) is 0 Å². The number of aromatic nitrogens is 1. The molecule has 2 bridgehead atoms. The average Bonchev–Trinajstić information content (AvgIpc) is 2.80. The van der Waals surface area contributed by atoms with Gasteiger partial charge in [0.1, 0.15) is 0 Å². The van der Waals surface area contributed by atoms with E-state index in [1.807, 2.05) is 46.7 Å². The van der Waals surface area contributed by atoms with E-state index < -0.39 is 0 Å². The fraction of sp³-hybridized carbons (Fsp3) is 0.269. The van der Waals surface area contributed by atoms with Gasteiger partial charge in [-0.05, 0) is 66.8 Å². The van der Waals surface area contributed by atoms with Crippen LogP contribution in [0.4, 0.5) is 0 Å². The van der Waals surface area contributed by atoms with Crippen LogP contribution in [-0.2, 0) is 6.54 Å². The Labute approximate surface area is 181 Å². The highest BCUT2D eigenvalue weighted by atomic mass is 16.2. The van der Waals surface area contributed by atoms with Crippen LogP contribution in [0.2, 0.25) is 0 Å². The predicted octanol–water partition coefficient (Wildman–Crippen LogP) is 3.95. The van der Waals surface area contributed by atoms with Crippen molar-refractivity contribution in [2.45, 2.75) is 25.8 Å². The zero-order chi connectivity index (χ0) is 21.5. The minimum absolute atomic E-state index is 0.00785. The normalized spacial score (nSPS) is 19.4. The number of carbonyl (C=O) groups is 1. The minimum atomic E-state index is -0.00785. The molecule has 0 saturated carbocycles. The number of rotatable bonds is 2. The van der Waals surface area contributed by atoms with Crippen LogP contribution >= 0.6 is 0 Å². The van der Waals surface area contributed by atoms with E-state index in [9.17, 15) is 9.59 Å². The molecule has 0 aliphatic carbocycles. The van der Waals surface area contributed by atoms with Crippen LogP contribution in [0.15, 0.2) is 65.5 Å². The molecule has 5 rings (SSSR count). The molecule has 1 saturated heterocycles. The van der Waals surface area contributed by atoms with E-state index in [-0.39, 0.29) is 23.3 Å². The summed E-state index contributed by atoms with van der Waals surface area (Å²) < 4.78 is 1.93. The zero-order valence-corrected chi connectivity index (χ0v) is 17.4. The SMILES string of the molecule is Cc1ccccc1-c1ccc2n(c1=O)C[C@H]1C[C@@H]2CN(C(=O)c2ccc(C#N)cc2)C1. The van der Waals surface area contributed by atoms with Crippen LogP contribution in [0.25, 0.3) is 11.1 Å². The Bertz CT molecular complexity index is 1270. The van der Waals surface area contributed by atoms with Gasteiger partial charge in [-0.3, -0.25) is 9.59 Å². The fourth-order valence-corrected chi connectivity index (χ4v) is 5.06. The lowest BCUT2D eigenvalue weighted by Gasteiger charge is -2.43. The zero-order valence-electron chi connectivity index (χ0n) is 17.4. The molecule has 1 aromatic heterocycles. The monoisotopic (exact) mass is 409 g/mol. The molecule has 2 aliphatic heterocycles. The standard InChI is InChI=1S/C26H23N3O2/c1-17-4-2-3-5-22(17)23-10-11-24-21-12-19(15-29(24)26(23)31)14-28(16-21)25(30)20-8-6-18(13-27)7-9-20/h2-11,19,21H,12,14-16H2,1H3/t19-,21+/m0/s1. The molecule has 154 valence electrons. The lowest BCUT2D eigenvalue weighted by molar-refractivity contribution is 0.0594. The van der Waals surface area contributed by atoms with Crippen LogP contribution in [0, 0.1) is 24.2 Å². The maximum atomic E-state index is 13.4. The summed E-state index contributed by atoms with van der Waals surface area (Å²) in [4.78, 5) is 28.3. The number of nitriles is 1. The maximum Gasteiger partial charge on any atom is 0.258 e. The van der Waals surface area contributed by atoms with Crippen molar-refractivity contribution in [1.82, 2.24) is 9.47 Å². The van der Waals surface area contributed by atoms with Crippen molar-refractivity contribution >= 4 is 5.91 Å². The van der Waals surface area contributed by atoms with Gasteiger partial charge in [-0.25, -0.2) is 0 Å². The van der Waals surface area contributed by atoms with Crippen molar-refractivity contribution in [2.75, 3.05) is 13.1 Å². The number of piperidine rings is 1. The van der Waals surface area contributed by atoms with Gasteiger partial charge < -0.3 is 9.47 Å². The summed E-state index contributed by atoms with van der Waals surface area (Å²) in [6, 6.07) is 20.9. The predicted molar refractivity (Wildman–Crippen MR) is 119 cm³/mol. The minimum Gasteiger partial charge on any atom is -0.338 e. The van der Waals surface area contributed by atoms with Gasteiger partial charge in [0, 0.05) is 42.4 Å². The molecule has 3 aromatic rings. The molecule has 3 heterocycles. The summed E-state index contributed by atoms with van der Waals surface area (Å²) in [6.45, 7) is 3.93. The molecule has 0 spiro atoms. The number of nitrogens with zero attached hydrogens (tertiary/aromatic N) is 3. The third-order valence-corrected chi connectivity index (χ3v) is 6.59. The second kappa shape index (κ2) is 7.55. The van der Waals surface area contributed by atoms with E-state index in [1.165, 1.54) is 0 Å².